The highest BCUT2D eigenvalue weighted by Gasteiger charge is 2.11. The molecule has 15 heavy (non-hydrogen) atoms. The van der Waals surface area contributed by atoms with Gasteiger partial charge in [-0.15, -0.1) is 10.2 Å². The molecule has 0 bridgehead atoms. The molecule has 0 aliphatic rings. The third-order valence-electron chi connectivity index (χ3n) is 2.80. The highest BCUT2D eigenvalue weighted by molar-refractivity contribution is 4.86. The van der Waals surface area contributed by atoms with Crippen molar-refractivity contribution in [2.45, 2.75) is 53.2 Å². The Kier molecular flexibility index (Phi) is 4.75. The summed E-state index contributed by atoms with van der Waals surface area (Å²) in [6.45, 7) is 10.5. The maximum atomic E-state index is 4.10. The summed E-state index contributed by atoms with van der Waals surface area (Å²) in [6.07, 6.45) is 2.94. The number of aromatic nitrogens is 3. The molecular weight excluding hydrogens is 188 g/mol. The summed E-state index contributed by atoms with van der Waals surface area (Å²) in [5.74, 6) is 1.68. The molecule has 0 saturated carbocycles. The van der Waals surface area contributed by atoms with E-state index in [4.69, 9.17) is 0 Å². The zero-order valence-electron chi connectivity index (χ0n) is 10.2. The molecule has 0 fully saturated rings. The molecule has 0 aliphatic heterocycles. The first-order valence-corrected chi connectivity index (χ1v) is 5.79. The van der Waals surface area contributed by atoms with Crippen LogP contribution in [-0.2, 0) is 13.1 Å². The van der Waals surface area contributed by atoms with E-state index in [0.717, 1.165) is 25.3 Å². The predicted molar refractivity (Wildman–Crippen MR) is 61.5 cm³/mol. The lowest BCUT2D eigenvalue weighted by atomic mass is 10.0. The molecule has 1 rings (SSSR count). The Hall–Kier alpha value is -0.900. The molecule has 0 radical (unpaired) electrons. The Balaban J connectivity index is 2.48. The molecule has 1 aromatic heterocycles. The van der Waals surface area contributed by atoms with E-state index in [9.17, 15) is 0 Å². The third kappa shape index (κ3) is 3.30. The van der Waals surface area contributed by atoms with Gasteiger partial charge in [0.25, 0.3) is 0 Å². The lowest BCUT2D eigenvalue weighted by molar-refractivity contribution is 0.380. The van der Waals surface area contributed by atoms with E-state index < -0.39 is 0 Å². The van der Waals surface area contributed by atoms with Crippen molar-refractivity contribution in [3.63, 3.8) is 0 Å². The summed E-state index contributed by atoms with van der Waals surface area (Å²) in [4.78, 5) is 0. The summed E-state index contributed by atoms with van der Waals surface area (Å²) in [5, 5.41) is 11.5. The first-order valence-electron chi connectivity index (χ1n) is 5.79. The summed E-state index contributed by atoms with van der Waals surface area (Å²) in [6, 6.07) is 0.562. The van der Waals surface area contributed by atoms with Crippen LogP contribution in [0.15, 0.2) is 6.33 Å². The Morgan fingerprint density at radius 1 is 1.40 bits per heavy atom. The van der Waals surface area contributed by atoms with E-state index in [1.54, 1.807) is 6.33 Å². The monoisotopic (exact) mass is 210 g/mol. The van der Waals surface area contributed by atoms with Gasteiger partial charge >= 0.3 is 0 Å². The third-order valence-corrected chi connectivity index (χ3v) is 2.80. The zero-order chi connectivity index (χ0) is 11.3. The summed E-state index contributed by atoms with van der Waals surface area (Å²) < 4.78 is 2.07. The van der Waals surface area contributed by atoms with Gasteiger partial charge in [0, 0.05) is 12.6 Å². The lowest BCUT2D eigenvalue weighted by Crippen LogP contribution is -2.33. The van der Waals surface area contributed by atoms with E-state index >= 15 is 0 Å². The number of aryl methyl sites for hydroxylation is 1. The van der Waals surface area contributed by atoms with E-state index in [0.29, 0.717) is 12.0 Å². The highest BCUT2D eigenvalue weighted by atomic mass is 15.3. The summed E-state index contributed by atoms with van der Waals surface area (Å²) >= 11 is 0. The molecular formula is C11H22N4. The minimum absolute atomic E-state index is 0.562. The van der Waals surface area contributed by atoms with Gasteiger partial charge < -0.3 is 9.88 Å². The van der Waals surface area contributed by atoms with Gasteiger partial charge in [0.2, 0.25) is 0 Å². The minimum Gasteiger partial charge on any atom is -0.317 e. The van der Waals surface area contributed by atoms with Crippen LogP contribution in [0.4, 0.5) is 0 Å². The molecule has 1 atom stereocenters. The van der Waals surface area contributed by atoms with Crippen LogP contribution >= 0.6 is 0 Å². The maximum absolute atomic E-state index is 4.10. The lowest BCUT2D eigenvalue weighted by Gasteiger charge is -2.20. The first kappa shape index (κ1) is 12.2. The van der Waals surface area contributed by atoms with Crippen LogP contribution < -0.4 is 5.32 Å². The van der Waals surface area contributed by atoms with Gasteiger partial charge in [-0.05, 0) is 19.3 Å². The number of rotatable bonds is 6. The van der Waals surface area contributed by atoms with Gasteiger partial charge in [-0.1, -0.05) is 20.8 Å². The van der Waals surface area contributed by atoms with E-state index in [1.165, 1.54) is 0 Å². The van der Waals surface area contributed by atoms with Crippen LogP contribution in [0.25, 0.3) is 0 Å². The Morgan fingerprint density at radius 2 is 2.13 bits per heavy atom. The minimum atomic E-state index is 0.562. The fraction of sp³-hybridized carbons (Fsp3) is 0.818. The van der Waals surface area contributed by atoms with E-state index in [2.05, 4.69) is 47.8 Å². The van der Waals surface area contributed by atoms with Crippen molar-refractivity contribution >= 4 is 0 Å². The van der Waals surface area contributed by atoms with Crippen LogP contribution in [0.3, 0.4) is 0 Å². The van der Waals surface area contributed by atoms with Crippen LogP contribution in [0.5, 0.6) is 0 Å². The number of nitrogens with one attached hydrogen (secondary N) is 1. The van der Waals surface area contributed by atoms with Crippen LogP contribution in [0.2, 0.25) is 0 Å². The molecule has 4 nitrogen and oxygen atoms in total. The number of nitrogens with zero attached hydrogens (tertiary/aromatic N) is 3. The van der Waals surface area contributed by atoms with Crippen molar-refractivity contribution < 1.29 is 0 Å². The average molecular weight is 210 g/mol. The Bertz CT molecular complexity index is 280. The van der Waals surface area contributed by atoms with Gasteiger partial charge in [-0.2, -0.15) is 0 Å². The quantitative estimate of drug-likeness (QED) is 0.779. The second kappa shape index (κ2) is 5.85. The largest absolute Gasteiger partial charge is 0.317 e. The van der Waals surface area contributed by atoms with Gasteiger partial charge in [-0.25, -0.2) is 0 Å². The van der Waals surface area contributed by atoms with Gasteiger partial charge in [0.05, 0.1) is 6.54 Å². The molecule has 0 saturated heterocycles. The van der Waals surface area contributed by atoms with E-state index in [1.807, 2.05) is 0 Å². The molecule has 4 heteroatoms. The van der Waals surface area contributed by atoms with Gasteiger partial charge in [0.1, 0.15) is 12.2 Å². The predicted octanol–water partition coefficient (Wildman–Crippen LogP) is 1.82. The molecule has 1 aromatic rings. The molecule has 0 aliphatic carbocycles. The van der Waals surface area contributed by atoms with Crippen molar-refractivity contribution in [1.82, 2.24) is 20.1 Å². The zero-order valence-corrected chi connectivity index (χ0v) is 10.2. The normalized spacial score (nSPS) is 13.4. The molecule has 0 aromatic carbocycles. The fourth-order valence-corrected chi connectivity index (χ4v) is 1.75. The summed E-state index contributed by atoms with van der Waals surface area (Å²) in [5.41, 5.74) is 0. The molecule has 1 unspecified atom stereocenters. The number of hydrogen-bond donors (Lipinski definition) is 1. The maximum Gasteiger partial charge on any atom is 0.146 e. The standard InChI is InChI=1S/C11H22N4/c1-5-10(9(3)4)12-7-11-14-13-8-15(11)6-2/h8-10,12H,5-7H2,1-4H3. The average Bonchev–Trinajstić information content (AvgIpc) is 2.65. The topological polar surface area (TPSA) is 42.7 Å². The van der Waals surface area contributed by atoms with Crippen molar-refractivity contribution in [2.24, 2.45) is 5.92 Å². The van der Waals surface area contributed by atoms with Crippen LogP contribution in [-0.4, -0.2) is 20.8 Å². The summed E-state index contributed by atoms with van der Waals surface area (Å²) in [7, 11) is 0. The fourth-order valence-electron chi connectivity index (χ4n) is 1.75. The van der Waals surface area contributed by atoms with Crippen LogP contribution in [0, 0.1) is 5.92 Å². The van der Waals surface area contributed by atoms with E-state index in [-0.39, 0.29) is 0 Å². The molecule has 1 heterocycles. The molecule has 1 N–H and O–H groups in total. The van der Waals surface area contributed by atoms with Crippen molar-refractivity contribution in [3.8, 4) is 0 Å². The highest BCUT2D eigenvalue weighted by Crippen LogP contribution is 2.06. The Morgan fingerprint density at radius 3 is 2.67 bits per heavy atom. The smallest absolute Gasteiger partial charge is 0.146 e. The van der Waals surface area contributed by atoms with Gasteiger partial charge in [-0.3, -0.25) is 0 Å². The molecule has 86 valence electrons. The molecule has 0 spiro atoms. The van der Waals surface area contributed by atoms with Gasteiger partial charge in [0.15, 0.2) is 0 Å². The Labute approximate surface area is 92.1 Å². The van der Waals surface area contributed by atoms with Crippen LogP contribution in [0.1, 0.15) is 39.9 Å². The second-order valence-corrected chi connectivity index (χ2v) is 4.17. The van der Waals surface area contributed by atoms with Crippen molar-refractivity contribution in [2.75, 3.05) is 0 Å². The SMILES string of the molecule is CCC(NCc1nncn1CC)C(C)C. The number of hydrogen-bond acceptors (Lipinski definition) is 3. The van der Waals surface area contributed by atoms with Crippen molar-refractivity contribution in [1.29, 1.82) is 0 Å². The first-order chi connectivity index (χ1) is 7.19. The second-order valence-electron chi connectivity index (χ2n) is 4.17. The van der Waals surface area contributed by atoms with Crippen molar-refractivity contribution in [3.05, 3.63) is 12.2 Å². The molecule has 0 amide bonds.